The average Bonchev–Trinajstić information content (AvgIpc) is 3.04. The van der Waals surface area contributed by atoms with Crippen molar-refractivity contribution in [1.82, 2.24) is 0 Å². The van der Waals surface area contributed by atoms with Crippen molar-refractivity contribution < 1.29 is 13.7 Å². The van der Waals surface area contributed by atoms with Gasteiger partial charge in [0.05, 0.1) is 23.7 Å². The van der Waals surface area contributed by atoms with Gasteiger partial charge in [0.25, 0.3) is 0 Å². The fraction of sp³-hybridized carbons (Fsp3) is 0.444. The Morgan fingerprint density at radius 2 is 1.59 bits per heavy atom. The Morgan fingerprint density at radius 3 is 2.14 bits per heavy atom. The maximum absolute atomic E-state index is 6.28. The van der Waals surface area contributed by atoms with Gasteiger partial charge < -0.3 is 13.7 Å². The number of rotatable bonds is 4. The first kappa shape index (κ1) is 15.4. The molecule has 0 aliphatic carbocycles. The summed E-state index contributed by atoms with van der Waals surface area (Å²) >= 11 is 0. The molecule has 1 fully saturated rings. The zero-order valence-electron chi connectivity index (χ0n) is 13.7. The number of hydrogen-bond donors (Lipinski definition) is 0. The molecule has 0 bridgehead atoms. The van der Waals surface area contributed by atoms with Crippen molar-refractivity contribution in [2.75, 3.05) is 0 Å². The van der Waals surface area contributed by atoms with Crippen molar-refractivity contribution in [3.8, 4) is 0 Å². The minimum absolute atomic E-state index is 0.139. The lowest BCUT2D eigenvalue weighted by molar-refractivity contribution is 0.00578. The molecule has 1 aliphatic heterocycles. The van der Waals surface area contributed by atoms with Crippen LogP contribution in [0.1, 0.15) is 44.6 Å². The third-order valence-corrected chi connectivity index (χ3v) is 4.86. The molecule has 0 spiro atoms. The predicted octanol–water partition coefficient (Wildman–Crippen LogP) is 4.24. The zero-order chi connectivity index (χ0) is 15.8. The van der Waals surface area contributed by atoms with Crippen LogP contribution in [-0.2, 0) is 15.7 Å². The molecular weight excluding hydrogens is 275 g/mol. The lowest BCUT2D eigenvalue weighted by Gasteiger charge is -2.32. The summed E-state index contributed by atoms with van der Waals surface area (Å²) in [6.07, 6.45) is 4.33. The van der Waals surface area contributed by atoms with Crippen LogP contribution in [0, 0.1) is 0 Å². The van der Waals surface area contributed by atoms with E-state index in [1.165, 1.54) is 5.56 Å². The largest absolute Gasteiger partial charge is 0.472 e. The predicted molar refractivity (Wildman–Crippen MR) is 87.7 cm³/mol. The maximum Gasteiger partial charge on any atom is 0.466 e. The highest BCUT2D eigenvalue weighted by Gasteiger charge is 2.53. The summed E-state index contributed by atoms with van der Waals surface area (Å²) in [4.78, 5) is 0. The van der Waals surface area contributed by atoms with Gasteiger partial charge in [-0.15, -0.1) is 0 Å². The fourth-order valence-corrected chi connectivity index (χ4v) is 2.79. The van der Waals surface area contributed by atoms with E-state index >= 15 is 0 Å². The Morgan fingerprint density at radius 1 is 0.955 bits per heavy atom. The van der Waals surface area contributed by atoms with Gasteiger partial charge in [0.1, 0.15) is 0 Å². The molecule has 0 amide bonds. The van der Waals surface area contributed by atoms with E-state index in [2.05, 4.69) is 52.0 Å². The third kappa shape index (κ3) is 2.86. The van der Waals surface area contributed by atoms with Crippen LogP contribution in [0.2, 0.25) is 0 Å². The average molecular weight is 298 g/mol. The van der Waals surface area contributed by atoms with Crippen LogP contribution >= 0.6 is 0 Å². The van der Waals surface area contributed by atoms with E-state index < -0.39 is 0 Å². The molecule has 2 heterocycles. The van der Waals surface area contributed by atoms with Crippen LogP contribution in [0.25, 0.3) is 0 Å². The number of furan rings is 1. The van der Waals surface area contributed by atoms with Crippen LogP contribution in [0.5, 0.6) is 0 Å². The van der Waals surface area contributed by atoms with Gasteiger partial charge in [-0.1, -0.05) is 30.3 Å². The topological polar surface area (TPSA) is 31.6 Å². The Hall–Kier alpha value is -1.52. The summed E-state index contributed by atoms with van der Waals surface area (Å²) in [6, 6.07) is 12.4. The van der Waals surface area contributed by atoms with Gasteiger partial charge in [0.15, 0.2) is 0 Å². The molecule has 3 rings (SSSR count). The molecule has 1 aromatic carbocycles. The van der Waals surface area contributed by atoms with Gasteiger partial charge in [-0.3, -0.25) is 0 Å². The lowest BCUT2D eigenvalue weighted by Crippen LogP contribution is -2.41. The quantitative estimate of drug-likeness (QED) is 0.791. The normalized spacial score (nSPS) is 21.0. The van der Waals surface area contributed by atoms with E-state index in [1.807, 2.05) is 12.1 Å². The second-order valence-corrected chi connectivity index (χ2v) is 6.98. The molecular formula is C18H23BO3. The number of hydrogen-bond acceptors (Lipinski definition) is 3. The molecule has 2 aromatic rings. The monoisotopic (exact) mass is 298 g/mol. The van der Waals surface area contributed by atoms with Gasteiger partial charge >= 0.3 is 7.12 Å². The van der Waals surface area contributed by atoms with Gasteiger partial charge in [0, 0.05) is 5.82 Å². The highest BCUT2D eigenvalue weighted by atomic mass is 16.7. The van der Waals surface area contributed by atoms with Crippen LogP contribution in [0.15, 0.2) is 53.3 Å². The molecule has 4 heteroatoms. The van der Waals surface area contributed by atoms with Crippen molar-refractivity contribution in [2.45, 2.75) is 51.1 Å². The molecule has 0 saturated carbocycles. The molecule has 116 valence electrons. The van der Waals surface area contributed by atoms with Gasteiger partial charge in [-0.05, 0) is 51.3 Å². The molecule has 0 N–H and O–H groups in total. The van der Waals surface area contributed by atoms with Crippen molar-refractivity contribution in [2.24, 2.45) is 0 Å². The maximum atomic E-state index is 6.28. The van der Waals surface area contributed by atoms with Gasteiger partial charge in [-0.25, -0.2) is 0 Å². The fourth-order valence-electron chi connectivity index (χ4n) is 2.79. The third-order valence-electron chi connectivity index (χ3n) is 4.86. The molecule has 1 saturated heterocycles. The Bertz CT molecular complexity index is 589. The van der Waals surface area contributed by atoms with E-state index in [9.17, 15) is 0 Å². The highest BCUT2D eigenvalue weighted by molar-refractivity contribution is 6.47. The summed E-state index contributed by atoms with van der Waals surface area (Å²) in [5.41, 5.74) is 1.74. The molecule has 1 aliphatic rings. The molecule has 1 aromatic heterocycles. The lowest BCUT2D eigenvalue weighted by atomic mass is 9.65. The van der Waals surface area contributed by atoms with E-state index in [0.717, 1.165) is 12.0 Å². The first-order chi connectivity index (χ1) is 10.4. The van der Waals surface area contributed by atoms with Gasteiger partial charge in [0.2, 0.25) is 0 Å². The molecule has 1 atom stereocenters. The van der Waals surface area contributed by atoms with Crippen LogP contribution < -0.4 is 0 Å². The van der Waals surface area contributed by atoms with E-state index in [1.54, 1.807) is 12.5 Å². The zero-order valence-corrected chi connectivity index (χ0v) is 13.7. The second-order valence-electron chi connectivity index (χ2n) is 6.98. The molecule has 3 nitrogen and oxygen atoms in total. The standard InChI is InChI=1S/C18H23BO3/c1-17(2)18(3,4)22-19(21-17)16(12-14-10-11-20-13-14)15-8-6-5-7-9-15/h5-11,13,16H,12H2,1-4H3/t16-/m1/s1. The summed E-state index contributed by atoms with van der Waals surface area (Å²) < 4.78 is 17.8. The first-order valence-electron chi connectivity index (χ1n) is 7.81. The summed E-state index contributed by atoms with van der Waals surface area (Å²) in [5, 5.41) is 0. The highest BCUT2D eigenvalue weighted by Crippen LogP contribution is 2.41. The Labute approximate surface area is 132 Å². The van der Waals surface area contributed by atoms with Crippen molar-refractivity contribution in [3.05, 3.63) is 60.1 Å². The minimum atomic E-state index is -0.318. The number of benzene rings is 1. The van der Waals surface area contributed by atoms with Crippen molar-refractivity contribution in [3.63, 3.8) is 0 Å². The van der Waals surface area contributed by atoms with E-state index in [0.29, 0.717) is 0 Å². The van der Waals surface area contributed by atoms with E-state index in [4.69, 9.17) is 13.7 Å². The Balaban J connectivity index is 1.90. The van der Waals surface area contributed by atoms with Crippen LogP contribution in [0.4, 0.5) is 0 Å². The van der Waals surface area contributed by atoms with Crippen molar-refractivity contribution in [1.29, 1.82) is 0 Å². The van der Waals surface area contributed by atoms with E-state index in [-0.39, 0.29) is 24.1 Å². The Kier molecular flexibility index (Phi) is 3.91. The SMILES string of the molecule is CC1(C)OB([C@H](Cc2ccoc2)c2ccccc2)OC1(C)C. The van der Waals surface area contributed by atoms with Crippen LogP contribution in [-0.4, -0.2) is 18.3 Å². The second kappa shape index (κ2) is 5.60. The smallest absolute Gasteiger partial charge is 0.466 e. The minimum Gasteiger partial charge on any atom is -0.472 e. The van der Waals surface area contributed by atoms with Gasteiger partial charge in [-0.2, -0.15) is 0 Å². The van der Waals surface area contributed by atoms with Crippen molar-refractivity contribution >= 4 is 7.12 Å². The molecule has 22 heavy (non-hydrogen) atoms. The summed E-state index contributed by atoms with van der Waals surface area (Å²) in [5.74, 6) is 0.139. The molecule has 0 unspecified atom stereocenters. The summed E-state index contributed by atoms with van der Waals surface area (Å²) in [6.45, 7) is 8.36. The summed E-state index contributed by atoms with van der Waals surface area (Å²) in [7, 11) is -0.262. The van der Waals surface area contributed by atoms with Crippen LogP contribution in [0.3, 0.4) is 0 Å². The molecule has 0 radical (unpaired) electrons. The first-order valence-corrected chi connectivity index (χ1v) is 7.81.